The monoisotopic (exact) mass is 587 g/mol. The first kappa shape index (κ1) is 28.7. The highest BCUT2D eigenvalue weighted by atomic mass is 32.2. The molecule has 1 aliphatic rings. The van der Waals surface area contributed by atoms with Crippen molar-refractivity contribution >= 4 is 26.6 Å². The Morgan fingerprint density at radius 2 is 1.73 bits per heavy atom. The predicted octanol–water partition coefficient (Wildman–Crippen LogP) is 5.74. The molecule has 3 aromatic carbocycles. The van der Waals surface area contributed by atoms with Crippen molar-refractivity contribution in [2.45, 2.75) is 17.7 Å². The van der Waals surface area contributed by atoms with Gasteiger partial charge in [-0.1, -0.05) is 0 Å². The summed E-state index contributed by atoms with van der Waals surface area (Å²) in [7, 11) is -4.50. The number of halogens is 3. The molecule has 2 heterocycles. The summed E-state index contributed by atoms with van der Waals surface area (Å²) >= 11 is 0. The van der Waals surface area contributed by atoms with E-state index < -0.39 is 32.4 Å². The average Bonchev–Trinajstić information content (AvgIpc) is 2.96. The number of nitrogens with zero attached hydrogens (tertiary/aromatic N) is 2. The van der Waals surface area contributed by atoms with Crippen molar-refractivity contribution in [3.05, 3.63) is 84.3 Å². The standard InChI is InChI=1S/C29H28F3N3O5S/c30-20-3-7-24(31)29(17-20)41(36,37)34-21-4-8-28(25(32)18-21)40-27-9-10-33-26-19-22(5-6-23(26)27)39-14-2-1-11-35-12-15-38-16-13-35/h3-10,17-19,34H,1-2,11-16H2. The first-order valence-electron chi connectivity index (χ1n) is 13.1. The zero-order chi connectivity index (χ0) is 28.8. The lowest BCUT2D eigenvalue weighted by Gasteiger charge is -2.26. The first-order chi connectivity index (χ1) is 19.8. The molecule has 1 aromatic heterocycles. The van der Waals surface area contributed by atoms with Gasteiger partial charge in [0, 0.05) is 36.8 Å². The van der Waals surface area contributed by atoms with Crippen molar-refractivity contribution in [3.8, 4) is 17.2 Å². The smallest absolute Gasteiger partial charge is 0.264 e. The fraction of sp³-hybridized carbons (Fsp3) is 0.276. The molecule has 0 atom stereocenters. The van der Waals surface area contributed by atoms with Gasteiger partial charge in [-0.25, -0.2) is 21.6 Å². The third kappa shape index (κ3) is 7.26. The van der Waals surface area contributed by atoms with Gasteiger partial charge in [-0.15, -0.1) is 0 Å². The molecule has 12 heteroatoms. The van der Waals surface area contributed by atoms with Crippen LogP contribution in [0.25, 0.3) is 10.9 Å². The van der Waals surface area contributed by atoms with Crippen LogP contribution in [0.15, 0.2) is 71.8 Å². The van der Waals surface area contributed by atoms with Crippen molar-refractivity contribution < 1.29 is 35.8 Å². The number of hydrogen-bond acceptors (Lipinski definition) is 7. The molecule has 1 aliphatic heterocycles. The van der Waals surface area contributed by atoms with E-state index in [2.05, 4.69) is 14.6 Å². The number of aromatic nitrogens is 1. The number of nitrogens with one attached hydrogen (secondary N) is 1. The minimum atomic E-state index is -4.50. The van der Waals surface area contributed by atoms with E-state index in [1.807, 2.05) is 0 Å². The first-order valence-corrected chi connectivity index (χ1v) is 14.5. The number of anilines is 1. The van der Waals surface area contributed by atoms with Gasteiger partial charge in [-0.05, 0) is 67.9 Å². The summed E-state index contributed by atoms with van der Waals surface area (Å²) in [6, 6.07) is 12.3. The minimum absolute atomic E-state index is 0.169. The Hall–Kier alpha value is -3.87. The molecule has 8 nitrogen and oxygen atoms in total. The molecule has 0 aliphatic carbocycles. The maximum absolute atomic E-state index is 14.9. The number of sulfonamides is 1. The maximum atomic E-state index is 14.9. The van der Waals surface area contributed by atoms with E-state index in [1.54, 1.807) is 24.3 Å². The van der Waals surface area contributed by atoms with E-state index in [1.165, 1.54) is 18.3 Å². The SMILES string of the molecule is O=S(=O)(Nc1ccc(Oc2ccnc3cc(OCCCCN4CCOCC4)ccc23)c(F)c1)c1cc(F)ccc1F. The second kappa shape index (κ2) is 12.8. The third-order valence-corrected chi connectivity index (χ3v) is 7.90. The van der Waals surface area contributed by atoms with Crippen molar-refractivity contribution in [3.63, 3.8) is 0 Å². The van der Waals surface area contributed by atoms with Crippen LogP contribution in [0.5, 0.6) is 17.2 Å². The largest absolute Gasteiger partial charge is 0.494 e. The molecule has 216 valence electrons. The maximum Gasteiger partial charge on any atom is 0.264 e. The zero-order valence-electron chi connectivity index (χ0n) is 22.0. The molecule has 1 fully saturated rings. The molecule has 4 aromatic rings. The van der Waals surface area contributed by atoms with Gasteiger partial charge in [-0.3, -0.25) is 14.6 Å². The van der Waals surface area contributed by atoms with Crippen LogP contribution < -0.4 is 14.2 Å². The summed E-state index contributed by atoms with van der Waals surface area (Å²) in [5, 5.41) is 0.623. The van der Waals surface area contributed by atoms with Gasteiger partial charge in [0.05, 0.1) is 31.0 Å². The summed E-state index contributed by atoms with van der Waals surface area (Å²) in [6.07, 6.45) is 3.46. The number of morpholine rings is 1. The Labute approximate surface area is 235 Å². The normalized spacial score (nSPS) is 14.2. The number of rotatable bonds is 11. The molecule has 1 saturated heterocycles. The Kier molecular flexibility index (Phi) is 8.91. The van der Waals surface area contributed by atoms with Gasteiger partial charge in [0.25, 0.3) is 10.0 Å². The molecule has 41 heavy (non-hydrogen) atoms. The molecule has 0 unspecified atom stereocenters. The zero-order valence-corrected chi connectivity index (χ0v) is 22.8. The van der Waals surface area contributed by atoms with Crippen molar-refractivity contribution in [1.29, 1.82) is 0 Å². The quantitative estimate of drug-likeness (QED) is 0.224. The second-order valence-corrected chi connectivity index (χ2v) is 11.1. The number of ether oxygens (including phenoxy) is 3. The van der Waals surface area contributed by atoms with Crippen LogP contribution in [0.1, 0.15) is 12.8 Å². The highest BCUT2D eigenvalue weighted by molar-refractivity contribution is 7.92. The van der Waals surface area contributed by atoms with Crippen LogP contribution in [0.3, 0.4) is 0 Å². The Morgan fingerprint density at radius 1 is 0.902 bits per heavy atom. The van der Waals surface area contributed by atoms with Crippen LogP contribution in [0, 0.1) is 17.5 Å². The summed E-state index contributed by atoms with van der Waals surface area (Å²) < 4.78 is 86.4. The van der Waals surface area contributed by atoms with Crippen LogP contribution in [-0.4, -0.2) is 57.8 Å². The summed E-state index contributed by atoms with van der Waals surface area (Å²) in [4.78, 5) is 5.85. The number of fused-ring (bicyclic) bond motifs is 1. The fourth-order valence-corrected chi connectivity index (χ4v) is 5.53. The number of unbranched alkanes of at least 4 members (excludes halogenated alkanes) is 1. The number of pyridine rings is 1. The number of hydrogen-bond donors (Lipinski definition) is 1. The van der Waals surface area contributed by atoms with Gasteiger partial charge in [0.15, 0.2) is 11.6 Å². The Balaban J connectivity index is 1.22. The molecular weight excluding hydrogens is 559 g/mol. The van der Waals surface area contributed by atoms with Gasteiger partial charge in [-0.2, -0.15) is 0 Å². The molecule has 0 bridgehead atoms. The van der Waals surface area contributed by atoms with E-state index in [0.29, 0.717) is 41.1 Å². The molecule has 5 rings (SSSR count). The highest BCUT2D eigenvalue weighted by Gasteiger charge is 2.21. The van der Waals surface area contributed by atoms with Crippen LogP contribution in [0.2, 0.25) is 0 Å². The fourth-order valence-electron chi connectivity index (χ4n) is 4.39. The topological polar surface area (TPSA) is 90.0 Å². The van der Waals surface area contributed by atoms with E-state index in [-0.39, 0.29) is 11.4 Å². The molecule has 0 saturated carbocycles. The lowest BCUT2D eigenvalue weighted by Crippen LogP contribution is -2.36. The molecule has 0 amide bonds. The van der Waals surface area contributed by atoms with Crippen LogP contribution in [-0.2, 0) is 14.8 Å². The molecule has 0 spiro atoms. The predicted molar refractivity (Wildman–Crippen MR) is 147 cm³/mol. The summed E-state index contributed by atoms with van der Waals surface area (Å²) in [6.45, 7) is 5.08. The average molecular weight is 588 g/mol. The van der Waals surface area contributed by atoms with Gasteiger partial charge in [0.2, 0.25) is 0 Å². The van der Waals surface area contributed by atoms with E-state index >= 15 is 0 Å². The van der Waals surface area contributed by atoms with E-state index in [9.17, 15) is 21.6 Å². The van der Waals surface area contributed by atoms with Gasteiger partial charge < -0.3 is 14.2 Å². The minimum Gasteiger partial charge on any atom is -0.494 e. The van der Waals surface area contributed by atoms with Gasteiger partial charge >= 0.3 is 0 Å². The Morgan fingerprint density at radius 3 is 2.54 bits per heavy atom. The second-order valence-electron chi connectivity index (χ2n) is 9.43. The summed E-state index contributed by atoms with van der Waals surface area (Å²) in [5.41, 5.74) is 0.403. The van der Waals surface area contributed by atoms with Crippen molar-refractivity contribution in [2.24, 2.45) is 0 Å². The molecular formula is C29H28F3N3O5S. The molecule has 1 N–H and O–H groups in total. The van der Waals surface area contributed by atoms with Crippen LogP contribution in [0.4, 0.5) is 18.9 Å². The van der Waals surface area contributed by atoms with Gasteiger partial charge in [0.1, 0.15) is 28.0 Å². The molecule has 0 radical (unpaired) electrons. The Bertz CT molecular complexity index is 1630. The van der Waals surface area contributed by atoms with Crippen LogP contribution >= 0.6 is 0 Å². The van der Waals surface area contributed by atoms with Crippen molar-refractivity contribution in [2.75, 3.05) is 44.2 Å². The summed E-state index contributed by atoms with van der Waals surface area (Å²) in [5.74, 6) is -2.11. The lowest BCUT2D eigenvalue weighted by molar-refractivity contribution is 0.0368. The lowest BCUT2D eigenvalue weighted by atomic mass is 10.2. The van der Waals surface area contributed by atoms with Crippen molar-refractivity contribution in [1.82, 2.24) is 9.88 Å². The number of benzene rings is 3. The third-order valence-electron chi connectivity index (χ3n) is 6.50. The highest BCUT2D eigenvalue weighted by Crippen LogP contribution is 2.33. The van der Waals surface area contributed by atoms with E-state index in [0.717, 1.165) is 57.8 Å². The van der Waals surface area contributed by atoms with E-state index in [4.69, 9.17) is 14.2 Å².